The number of aromatic hydroxyl groups is 1. The van der Waals surface area contributed by atoms with E-state index >= 15 is 0 Å². The number of nitrogens with one attached hydrogen (secondary N) is 1. The third kappa shape index (κ3) is 8.30. The Hall–Kier alpha value is -5.83. The van der Waals surface area contributed by atoms with Crippen LogP contribution < -0.4 is 26.8 Å². The highest BCUT2D eigenvalue weighted by molar-refractivity contribution is 8.00. The van der Waals surface area contributed by atoms with E-state index in [0.717, 1.165) is 22.3 Å². The highest BCUT2D eigenvalue weighted by atomic mass is 32.2. The van der Waals surface area contributed by atoms with Gasteiger partial charge < -0.3 is 41.5 Å². The second-order valence-electron chi connectivity index (χ2n) is 12.6. The first-order valence-corrected chi connectivity index (χ1v) is 17.9. The van der Waals surface area contributed by atoms with Gasteiger partial charge in [-0.25, -0.2) is 19.1 Å². The van der Waals surface area contributed by atoms with Gasteiger partial charge in [-0.15, -0.1) is 23.1 Å². The number of hydrogen-bond donors (Lipinski definition) is 6. The molecule has 2 aliphatic rings. The van der Waals surface area contributed by atoms with Crippen molar-refractivity contribution < 1.29 is 48.7 Å². The number of rotatable bonds is 16. The summed E-state index contributed by atoms with van der Waals surface area (Å²) in [6, 6.07) is 1.08. The molecule has 2 aliphatic heterocycles. The molecule has 8 N–H and O–H groups in total. The van der Waals surface area contributed by atoms with E-state index in [-0.39, 0.29) is 64.7 Å². The molecule has 53 heavy (non-hydrogen) atoms. The molecule has 3 aromatic heterocycles. The number of carbonyl (C=O) groups is 5. The summed E-state index contributed by atoms with van der Waals surface area (Å²) >= 11 is 2.31. The summed E-state index contributed by atoms with van der Waals surface area (Å²) in [7, 11) is 1.55. The molecule has 1 fully saturated rings. The number of nitrogens with zero attached hydrogens (tertiary/aromatic N) is 6. The lowest BCUT2D eigenvalue weighted by atomic mass is 9.89. The van der Waals surface area contributed by atoms with Gasteiger partial charge in [-0.05, 0) is 25.3 Å². The number of oxime groups is 1. The number of carboxylic acids is 2. The van der Waals surface area contributed by atoms with Gasteiger partial charge in [-0.2, -0.15) is 0 Å². The van der Waals surface area contributed by atoms with Crippen molar-refractivity contribution in [3.8, 4) is 5.75 Å². The number of ketones is 2. The number of thioether (sulfide) groups is 1. The highest BCUT2D eigenvalue weighted by Crippen LogP contribution is 2.45. The summed E-state index contributed by atoms with van der Waals surface area (Å²) in [6.07, 6.45) is 4.31. The lowest BCUT2D eigenvalue weighted by Gasteiger charge is -2.49. The number of carboxylic acid groups (broad SMARTS) is 2. The highest BCUT2D eigenvalue weighted by Gasteiger charge is 2.54. The summed E-state index contributed by atoms with van der Waals surface area (Å²) in [4.78, 5) is 89.9. The van der Waals surface area contributed by atoms with E-state index in [1.54, 1.807) is 17.8 Å². The van der Waals surface area contributed by atoms with E-state index in [1.165, 1.54) is 48.1 Å². The summed E-state index contributed by atoms with van der Waals surface area (Å²) in [5.41, 5.74) is 9.87. The van der Waals surface area contributed by atoms with Crippen LogP contribution in [-0.4, -0.2) is 93.2 Å². The fraction of sp³-hybridized carbons (Fsp3) is 0.375. The van der Waals surface area contributed by atoms with Gasteiger partial charge in [0.05, 0.1) is 23.2 Å². The number of Topliss-reactive ketones (excluding diaryl/α,β-unsaturated/α-hetero) is 2. The van der Waals surface area contributed by atoms with E-state index in [1.807, 2.05) is 0 Å². The van der Waals surface area contributed by atoms with Crippen molar-refractivity contribution in [3.63, 3.8) is 0 Å². The SMILES string of the molecule is Cn1cc(O)c(=O)cc1C(=O)CCCNc1c[n+](CC2=C(C(=O)O)N3C(=O)[C@@H](CC(=O)/C(=N\OC(C)(C)C(=O)O)c4csc(N)n4)C3SC2)cnc1N. The van der Waals surface area contributed by atoms with E-state index in [0.29, 0.717) is 24.2 Å². The number of nitrogen functional groups attached to an aromatic ring is 2. The molecule has 5 heterocycles. The first kappa shape index (κ1) is 38.4. The van der Waals surface area contributed by atoms with Gasteiger partial charge in [0.1, 0.15) is 29.8 Å². The Balaban J connectivity index is 1.25. The monoisotopic (exact) mass is 770 g/mol. The number of anilines is 3. The van der Waals surface area contributed by atoms with Crippen LogP contribution in [0.15, 0.2) is 51.4 Å². The van der Waals surface area contributed by atoms with E-state index in [9.17, 15) is 44.1 Å². The van der Waals surface area contributed by atoms with Crippen molar-refractivity contribution in [3.05, 3.63) is 63.0 Å². The molecule has 0 aliphatic carbocycles. The maximum absolute atomic E-state index is 13.5. The Kier molecular flexibility index (Phi) is 11.2. The van der Waals surface area contributed by atoms with Gasteiger partial charge in [-0.1, -0.05) is 5.16 Å². The van der Waals surface area contributed by atoms with Gasteiger partial charge >= 0.3 is 11.9 Å². The third-order valence-electron chi connectivity index (χ3n) is 8.36. The summed E-state index contributed by atoms with van der Waals surface area (Å²) in [5, 5.41) is 36.9. The fourth-order valence-corrected chi connectivity index (χ4v) is 7.43. The third-order valence-corrected chi connectivity index (χ3v) is 10.4. The number of aryl methyl sites for hydroxylation is 1. The van der Waals surface area contributed by atoms with Crippen LogP contribution in [0, 0.1) is 5.92 Å². The first-order valence-electron chi connectivity index (χ1n) is 15.9. The number of fused-ring (bicyclic) bond motifs is 1. The fourth-order valence-electron chi connectivity index (χ4n) is 5.48. The molecule has 1 saturated heterocycles. The molecule has 0 aromatic carbocycles. The molecule has 2 atom stereocenters. The molecule has 21 heteroatoms. The van der Waals surface area contributed by atoms with Crippen LogP contribution in [0.3, 0.4) is 0 Å². The Morgan fingerprint density at radius 1 is 1.21 bits per heavy atom. The maximum Gasteiger partial charge on any atom is 0.352 e. The minimum absolute atomic E-state index is 0.0445. The number of aromatic nitrogens is 4. The average Bonchev–Trinajstić information content (AvgIpc) is 3.53. The Morgan fingerprint density at radius 2 is 1.94 bits per heavy atom. The summed E-state index contributed by atoms with van der Waals surface area (Å²) < 4.78 is 2.98. The van der Waals surface area contributed by atoms with Crippen molar-refractivity contribution in [2.75, 3.05) is 29.1 Å². The zero-order chi connectivity index (χ0) is 38.8. The van der Waals surface area contributed by atoms with E-state index in [2.05, 4.69) is 20.4 Å². The molecule has 0 bridgehead atoms. The van der Waals surface area contributed by atoms with Crippen LogP contribution in [0.2, 0.25) is 0 Å². The van der Waals surface area contributed by atoms with E-state index < -0.39 is 51.7 Å². The molecule has 1 amide bonds. The molecule has 0 spiro atoms. The van der Waals surface area contributed by atoms with Crippen LogP contribution in [0.25, 0.3) is 0 Å². The molecule has 280 valence electrons. The minimum Gasteiger partial charge on any atom is -0.503 e. The largest absolute Gasteiger partial charge is 0.503 e. The quantitative estimate of drug-likeness (QED) is 0.0290. The van der Waals surface area contributed by atoms with Crippen LogP contribution in [0.1, 0.15) is 49.3 Å². The van der Waals surface area contributed by atoms with E-state index in [4.69, 9.17) is 16.3 Å². The standard InChI is InChI=1S/C32H35N9O10S2/c1-32(2,30(49)50)51-38-24(18-13-53-31(34)37-18)22(44)7-16-27(46)41-25(29(47)48)15(12-52-28(16)41)9-40-10-17(26(33)36-14-40)35-6-4-5-20(42)19-8-21(43)23(45)11-39(19)3/h8,10-11,13-14,16,28,33,35H,4-7,9,12H2,1-3H3,(H5,34,37,45,47,48,49,50)/p+1/b38-24-/t16-,28?/m1/s1. The van der Waals surface area contributed by atoms with Gasteiger partial charge in [0.25, 0.3) is 12.1 Å². The lowest BCUT2D eigenvalue weighted by molar-refractivity contribution is -0.691. The number of aliphatic carboxylic acids is 2. The van der Waals surface area contributed by atoms with Crippen molar-refractivity contribution in [1.29, 1.82) is 0 Å². The molecule has 0 radical (unpaired) electrons. The molecule has 3 aromatic rings. The molecular weight excluding hydrogens is 735 g/mol. The maximum atomic E-state index is 13.5. The number of nitrogens with two attached hydrogens (primary N) is 2. The topological polar surface area (TPSA) is 287 Å². The molecular formula is C32H36N9O10S2+. The number of amides is 1. The number of pyridine rings is 1. The molecule has 1 unspecified atom stereocenters. The van der Waals surface area contributed by atoms with Crippen molar-refractivity contribution in [2.45, 2.75) is 50.6 Å². The normalized spacial score (nSPS) is 17.2. The number of carbonyl (C=O) groups excluding carboxylic acids is 3. The zero-order valence-corrected chi connectivity index (χ0v) is 30.3. The Morgan fingerprint density at radius 3 is 2.60 bits per heavy atom. The van der Waals surface area contributed by atoms with Gasteiger partial charge in [0, 0.05) is 49.2 Å². The minimum atomic E-state index is -1.78. The predicted octanol–water partition coefficient (Wildman–Crippen LogP) is 0.583. The number of thiazole rings is 1. The number of β-lactam (4-membered cyclic amide) rings is 1. The zero-order valence-electron chi connectivity index (χ0n) is 28.6. The summed E-state index contributed by atoms with van der Waals surface area (Å²) in [6.45, 7) is 2.84. The predicted molar refractivity (Wildman–Crippen MR) is 191 cm³/mol. The lowest BCUT2D eigenvalue weighted by Crippen LogP contribution is -2.62. The Bertz CT molecular complexity index is 2130. The average molecular weight is 771 g/mol. The van der Waals surface area contributed by atoms with Crippen molar-refractivity contribution in [1.82, 2.24) is 19.4 Å². The van der Waals surface area contributed by atoms with Crippen molar-refractivity contribution >= 4 is 74.9 Å². The Labute approximate surface area is 309 Å². The number of hydrogen-bond acceptors (Lipinski definition) is 16. The molecule has 19 nitrogen and oxygen atoms in total. The van der Waals surface area contributed by atoms with Gasteiger partial charge in [0.15, 0.2) is 28.2 Å². The smallest absolute Gasteiger partial charge is 0.352 e. The summed E-state index contributed by atoms with van der Waals surface area (Å²) in [5.74, 6) is -5.18. The van der Waals surface area contributed by atoms with Gasteiger partial charge in [-0.3, -0.25) is 24.1 Å². The van der Waals surface area contributed by atoms with Gasteiger partial charge in [0.2, 0.25) is 16.9 Å². The van der Waals surface area contributed by atoms with Crippen LogP contribution in [-0.2, 0) is 37.6 Å². The molecule has 0 saturated carbocycles. The second-order valence-corrected chi connectivity index (χ2v) is 14.6. The van der Waals surface area contributed by atoms with Crippen LogP contribution >= 0.6 is 23.1 Å². The van der Waals surface area contributed by atoms with Crippen molar-refractivity contribution in [2.24, 2.45) is 18.1 Å². The van der Waals surface area contributed by atoms with Crippen LogP contribution in [0.5, 0.6) is 5.75 Å². The first-order chi connectivity index (χ1) is 25.0. The molecule has 5 rings (SSSR count). The second kappa shape index (κ2) is 15.4. The van der Waals surface area contributed by atoms with Crippen LogP contribution in [0.4, 0.5) is 16.6 Å².